The van der Waals surface area contributed by atoms with Crippen LogP contribution in [-0.4, -0.2) is 40.8 Å². The number of likely N-dealkylation sites (tertiary alicyclic amines) is 1. The van der Waals surface area contributed by atoms with E-state index in [1.54, 1.807) is 0 Å². The molecule has 2 aliphatic rings. The molecule has 0 saturated carbocycles. The molecule has 0 aliphatic carbocycles. The van der Waals surface area contributed by atoms with Gasteiger partial charge in [0.05, 0.1) is 18.8 Å². The maximum absolute atomic E-state index is 12.8. The molecule has 0 radical (unpaired) electrons. The maximum atomic E-state index is 12.8. The summed E-state index contributed by atoms with van der Waals surface area (Å²) in [6, 6.07) is 8.26. The molecule has 6 heteroatoms. The summed E-state index contributed by atoms with van der Waals surface area (Å²) in [5, 5.41) is 10.1. The van der Waals surface area contributed by atoms with E-state index in [0.29, 0.717) is 19.1 Å². The van der Waals surface area contributed by atoms with Crippen LogP contribution in [0, 0.1) is 0 Å². The SMILES string of the molecule is O=C(NC[C@@H]1CCOc2ccccc21)N1CCCC[C@H]1c1cn[nH]c1. The van der Waals surface area contributed by atoms with Crippen LogP contribution < -0.4 is 10.1 Å². The normalized spacial score (nSPS) is 22.8. The monoisotopic (exact) mass is 340 g/mol. The van der Waals surface area contributed by atoms with Crippen LogP contribution in [0.5, 0.6) is 5.75 Å². The number of aromatic nitrogens is 2. The fourth-order valence-electron chi connectivity index (χ4n) is 3.90. The van der Waals surface area contributed by atoms with Gasteiger partial charge < -0.3 is 15.0 Å². The lowest BCUT2D eigenvalue weighted by atomic mass is 9.93. The number of fused-ring (bicyclic) bond motifs is 1. The predicted molar refractivity (Wildman–Crippen MR) is 94.6 cm³/mol. The van der Waals surface area contributed by atoms with Crippen LogP contribution in [0.25, 0.3) is 0 Å². The number of amides is 2. The van der Waals surface area contributed by atoms with Gasteiger partial charge in [-0.3, -0.25) is 5.10 Å². The van der Waals surface area contributed by atoms with Crippen LogP contribution in [0.15, 0.2) is 36.7 Å². The summed E-state index contributed by atoms with van der Waals surface area (Å²) in [4.78, 5) is 14.8. The fraction of sp³-hybridized carbons (Fsp3) is 0.474. The minimum absolute atomic E-state index is 0.0230. The van der Waals surface area contributed by atoms with Crippen molar-refractivity contribution in [3.05, 3.63) is 47.8 Å². The standard InChI is InChI=1S/C19H24N4O2/c24-19(23-9-4-3-6-17(23)15-12-21-22-13-15)20-11-14-8-10-25-18-7-2-1-5-16(14)18/h1-2,5,7,12-14,17H,3-4,6,8-11H2,(H,20,24)(H,21,22)/t14-,17-/m0/s1. The van der Waals surface area contributed by atoms with E-state index in [2.05, 4.69) is 21.6 Å². The van der Waals surface area contributed by atoms with E-state index in [-0.39, 0.29) is 12.1 Å². The second-order valence-electron chi connectivity index (χ2n) is 6.79. The lowest BCUT2D eigenvalue weighted by Crippen LogP contribution is -2.45. The van der Waals surface area contributed by atoms with Crippen LogP contribution in [0.3, 0.4) is 0 Å². The van der Waals surface area contributed by atoms with E-state index in [1.807, 2.05) is 35.5 Å². The van der Waals surface area contributed by atoms with Crippen molar-refractivity contribution < 1.29 is 9.53 Å². The lowest BCUT2D eigenvalue weighted by molar-refractivity contribution is 0.150. The van der Waals surface area contributed by atoms with Crippen molar-refractivity contribution in [2.24, 2.45) is 0 Å². The summed E-state index contributed by atoms with van der Waals surface area (Å²) in [5.74, 6) is 1.26. The van der Waals surface area contributed by atoms with Crippen molar-refractivity contribution >= 4 is 6.03 Å². The number of para-hydroxylation sites is 1. The molecule has 4 rings (SSSR count). The van der Waals surface area contributed by atoms with Crippen LogP contribution in [0.4, 0.5) is 4.79 Å². The van der Waals surface area contributed by atoms with E-state index in [9.17, 15) is 4.79 Å². The second-order valence-corrected chi connectivity index (χ2v) is 6.79. The molecule has 1 aromatic carbocycles. The molecule has 2 amide bonds. The third-order valence-electron chi connectivity index (χ3n) is 5.25. The molecule has 132 valence electrons. The van der Waals surface area contributed by atoms with Crippen LogP contribution in [0.2, 0.25) is 0 Å². The molecule has 0 unspecified atom stereocenters. The van der Waals surface area contributed by atoms with Crippen LogP contribution in [-0.2, 0) is 0 Å². The van der Waals surface area contributed by atoms with Crippen LogP contribution in [0.1, 0.15) is 48.8 Å². The number of ether oxygens (including phenoxy) is 1. The summed E-state index contributed by atoms with van der Waals surface area (Å²) in [6.45, 7) is 2.15. The first-order valence-electron chi connectivity index (χ1n) is 9.08. The van der Waals surface area contributed by atoms with Gasteiger partial charge in [-0.15, -0.1) is 0 Å². The smallest absolute Gasteiger partial charge is 0.317 e. The molecule has 3 heterocycles. The Balaban J connectivity index is 1.42. The molecule has 25 heavy (non-hydrogen) atoms. The number of hydrogen-bond acceptors (Lipinski definition) is 3. The molecule has 1 aromatic heterocycles. The summed E-state index contributed by atoms with van der Waals surface area (Å²) in [5.41, 5.74) is 2.28. The van der Waals surface area contributed by atoms with E-state index in [0.717, 1.165) is 43.5 Å². The van der Waals surface area contributed by atoms with Crippen molar-refractivity contribution in [1.29, 1.82) is 0 Å². The Labute approximate surface area is 147 Å². The Bertz CT molecular complexity index is 716. The number of benzene rings is 1. The van der Waals surface area contributed by atoms with Gasteiger partial charge in [-0.25, -0.2) is 4.79 Å². The highest BCUT2D eigenvalue weighted by atomic mass is 16.5. The minimum atomic E-state index is 0.0230. The number of carbonyl (C=O) groups excluding carboxylic acids is 1. The number of nitrogens with one attached hydrogen (secondary N) is 2. The number of urea groups is 1. The summed E-state index contributed by atoms with van der Waals surface area (Å²) < 4.78 is 5.71. The van der Waals surface area contributed by atoms with Crippen molar-refractivity contribution in [3.63, 3.8) is 0 Å². The molecule has 6 nitrogen and oxygen atoms in total. The molecule has 2 N–H and O–H groups in total. The summed E-state index contributed by atoms with van der Waals surface area (Å²) >= 11 is 0. The van der Waals surface area contributed by atoms with Gasteiger partial charge in [-0.05, 0) is 37.3 Å². The Hall–Kier alpha value is -2.50. The van der Waals surface area contributed by atoms with Gasteiger partial charge >= 0.3 is 6.03 Å². The Morgan fingerprint density at radius 2 is 2.24 bits per heavy atom. The molecular weight excluding hydrogens is 316 g/mol. The van der Waals surface area contributed by atoms with E-state index < -0.39 is 0 Å². The molecular formula is C19H24N4O2. The predicted octanol–water partition coefficient (Wildman–Crippen LogP) is 3.21. The van der Waals surface area contributed by atoms with Gasteiger partial charge in [0.15, 0.2) is 0 Å². The molecule has 1 saturated heterocycles. The first kappa shape index (κ1) is 16.0. The number of hydrogen-bond donors (Lipinski definition) is 2. The van der Waals surface area contributed by atoms with Crippen molar-refractivity contribution in [1.82, 2.24) is 20.4 Å². The second kappa shape index (κ2) is 7.17. The van der Waals surface area contributed by atoms with Gasteiger partial charge in [0.25, 0.3) is 0 Å². The topological polar surface area (TPSA) is 70.2 Å². The molecule has 2 atom stereocenters. The number of piperidine rings is 1. The Kier molecular flexibility index (Phi) is 4.59. The van der Waals surface area contributed by atoms with Crippen molar-refractivity contribution in [3.8, 4) is 5.75 Å². The van der Waals surface area contributed by atoms with Crippen LogP contribution >= 0.6 is 0 Å². The van der Waals surface area contributed by atoms with E-state index >= 15 is 0 Å². The molecule has 2 aromatic rings. The van der Waals surface area contributed by atoms with Crippen molar-refractivity contribution in [2.45, 2.75) is 37.6 Å². The summed E-state index contributed by atoms with van der Waals surface area (Å²) in [7, 11) is 0. The van der Waals surface area contributed by atoms with Gasteiger partial charge in [0.1, 0.15) is 5.75 Å². The Morgan fingerprint density at radius 3 is 3.12 bits per heavy atom. The van der Waals surface area contributed by atoms with Gasteiger partial charge in [0, 0.05) is 30.8 Å². The molecule has 1 fully saturated rings. The highest BCUT2D eigenvalue weighted by Gasteiger charge is 2.29. The fourth-order valence-corrected chi connectivity index (χ4v) is 3.90. The highest BCUT2D eigenvalue weighted by molar-refractivity contribution is 5.75. The average Bonchev–Trinajstić information content (AvgIpc) is 3.21. The summed E-state index contributed by atoms with van der Waals surface area (Å²) in [6.07, 6.45) is 7.85. The Morgan fingerprint density at radius 1 is 1.32 bits per heavy atom. The average molecular weight is 340 g/mol. The quantitative estimate of drug-likeness (QED) is 0.901. The number of nitrogens with zero attached hydrogens (tertiary/aromatic N) is 2. The minimum Gasteiger partial charge on any atom is -0.493 e. The van der Waals surface area contributed by atoms with Gasteiger partial charge in [-0.2, -0.15) is 5.10 Å². The third-order valence-corrected chi connectivity index (χ3v) is 5.25. The first-order valence-corrected chi connectivity index (χ1v) is 9.08. The van der Waals surface area contributed by atoms with Gasteiger partial charge in [0.2, 0.25) is 0 Å². The number of rotatable bonds is 3. The zero-order chi connectivity index (χ0) is 17.1. The number of H-pyrrole nitrogens is 1. The number of aromatic amines is 1. The third kappa shape index (κ3) is 3.34. The largest absolute Gasteiger partial charge is 0.493 e. The van der Waals surface area contributed by atoms with Gasteiger partial charge in [-0.1, -0.05) is 18.2 Å². The van der Waals surface area contributed by atoms with E-state index in [4.69, 9.17) is 4.74 Å². The first-order chi connectivity index (χ1) is 12.3. The lowest BCUT2D eigenvalue weighted by Gasteiger charge is -2.36. The molecule has 0 bridgehead atoms. The van der Waals surface area contributed by atoms with Crippen molar-refractivity contribution in [2.75, 3.05) is 19.7 Å². The number of carbonyl (C=O) groups is 1. The maximum Gasteiger partial charge on any atom is 0.317 e. The zero-order valence-corrected chi connectivity index (χ0v) is 14.3. The highest BCUT2D eigenvalue weighted by Crippen LogP contribution is 2.33. The zero-order valence-electron chi connectivity index (χ0n) is 14.3. The molecule has 2 aliphatic heterocycles. The molecule has 0 spiro atoms. The van der Waals surface area contributed by atoms with E-state index in [1.165, 1.54) is 5.56 Å².